The third-order valence-corrected chi connectivity index (χ3v) is 4.42. The standard InChI is InChI=1S/C22H25ClN4O5/c1-4-14-6-8-16(9-7-14)26-19(28)13-32-20-17(23)10-15(11-18(20)31-5-2)12-25-27-22(30)21(29)24-3/h6-12H,4-5,13H2,1-3H3,(H,24,29)(H,26,28)(H,27,30)/b25-12-. The molecule has 0 aliphatic carbocycles. The second kappa shape index (κ2) is 12.3. The Morgan fingerprint density at radius 2 is 1.78 bits per heavy atom. The fourth-order valence-corrected chi connectivity index (χ4v) is 2.83. The van der Waals surface area contributed by atoms with Crippen molar-refractivity contribution >= 4 is 41.2 Å². The Labute approximate surface area is 191 Å². The van der Waals surface area contributed by atoms with Gasteiger partial charge in [0.15, 0.2) is 18.1 Å². The van der Waals surface area contributed by atoms with Crippen molar-refractivity contribution in [1.29, 1.82) is 0 Å². The molecule has 3 N–H and O–H groups in total. The number of anilines is 1. The van der Waals surface area contributed by atoms with Crippen molar-refractivity contribution in [3.8, 4) is 11.5 Å². The zero-order chi connectivity index (χ0) is 23.5. The van der Waals surface area contributed by atoms with Crippen molar-refractivity contribution in [2.45, 2.75) is 20.3 Å². The van der Waals surface area contributed by atoms with Gasteiger partial charge in [-0.05, 0) is 48.7 Å². The normalized spacial score (nSPS) is 10.5. The van der Waals surface area contributed by atoms with Crippen LogP contribution in [0.2, 0.25) is 5.02 Å². The number of nitrogens with one attached hydrogen (secondary N) is 3. The summed E-state index contributed by atoms with van der Waals surface area (Å²) in [6.07, 6.45) is 2.21. The maximum absolute atomic E-state index is 12.3. The molecule has 0 aromatic heterocycles. The number of carbonyl (C=O) groups excluding carboxylic acids is 3. The van der Waals surface area contributed by atoms with Crippen LogP contribution in [-0.4, -0.2) is 44.2 Å². The predicted octanol–water partition coefficient (Wildman–Crippen LogP) is 2.51. The minimum absolute atomic E-state index is 0.190. The van der Waals surface area contributed by atoms with Crippen LogP contribution in [0.25, 0.3) is 0 Å². The molecule has 0 unspecified atom stereocenters. The van der Waals surface area contributed by atoms with E-state index in [1.807, 2.05) is 24.3 Å². The van der Waals surface area contributed by atoms with Gasteiger partial charge in [0, 0.05) is 12.7 Å². The first kappa shape index (κ1) is 24.7. The number of hydrogen-bond donors (Lipinski definition) is 3. The van der Waals surface area contributed by atoms with Crippen LogP contribution in [0.1, 0.15) is 25.0 Å². The topological polar surface area (TPSA) is 118 Å². The van der Waals surface area contributed by atoms with Crippen LogP contribution < -0.4 is 25.5 Å². The molecule has 0 spiro atoms. The molecule has 10 heteroatoms. The van der Waals surface area contributed by atoms with Crippen LogP contribution >= 0.6 is 11.6 Å². The van der Waals surface area contributed by atoms with Crippen molar-refractivity contribution in [3.63, 3.8) is 0 Å². The van der Waals surface area contributed by atoms with Gasteiger partial charge in [-0.25, -0.2) is 5.43 Å². The lowest BCUT2D eigenvalue weighted by atomic mass is 10.1. The quantitative estimate of drug-likeness (QED) is 0.302. The third kappa shape index (κ3) is 7.28. The van der Waals surface area contributed by atoms with Gasteiger partial charge in [0.25, 0.3) is 5.91 Å². The molecule has 2 aromatic rings. The molecule has 0 aliphatic rings. The number of hydrogen-bond acceptors (Lipinski definition) is 6. The van der Waals surface area contributed by atoms with E-state index < -0.39 is 11.8 Å². The van der Waals surface area contributed by atoms with E-state index in [4.69, 9.17) is 21.1 Å². The zero-order valence-electron chi connectivity index (χ0n) is 18.0. The lowest BCUT2D eigenvalue weighted by Gasteiger charge is -2.14. The Hall–Kier alpha value is -3.59. The molecule has 0 saturated heterocycles. The van der Waals surface area contributed by atoms with Crippen molar-refractivity contribution in [2.75, 3.05) is 25.6 Å². The molecule has 9 nitrogen and oxygen atoms in total. The summed E-state index contributed by atoms with van der Waals surface area (Å²) in [4.78, 5) is 34.9. The molecule has 3 amide bonds. The Balaban J connectivity index is 2.05. The van der Waals surface area contributed by atoms with Gasteiger partial charge >= 0.3 is 11.8 Å². The SMILES string of the molecule is CCOc1cc(/C=N\NC(=O)C(=O)NC)cc(Cl)c1OCC(=O)Nc1ccc(CC)cc1. The molecular weight excluding hydrogens is 436 g/mol. The number of rotatable bonds is 9. The summed E-state index contributed by atoms with van der Waals surface area (Å²) in [6.45, 7) is 3.90. The van der Waals surface area contributed by atoms with E-state index in [1.165, 1.54) is 24.9 Å². The van der Waals surface area contributed by atoms with Gasteiger partial charge in [-0.1, -0.05) is 30.7 Å². The highest BCUT2D eigenvalue weighted by Gasteiger charge is 2.15. The van der Waals surface area contributed by atoms with Crippen LogP contribution in [0, 0.1) is 0 Å². The lowest BCUT2D eigenvalue weighted by Crippen LogP contribution is -2.35. The number of nitrogens with zero attached hydrogens (tertiary/aromatic N) is 1. The number of amides is 3. The van der Waals surface area contributed by atoms with Gasteiger partial charge < -0.3 is 20.1 Å². The summed E-state index contributed by atoms with van der Waals surface area (Å²) in [5, 5.41) is 8.84. The van der Waals surface area contributed by atoms with Crippen LogP contribution in [0.3, 0.4) is 0 Å². The minimum Gasteiger partial charge on any atom is -0.490 e. The summed E-state index contributed by atoms with van der Waals surface area (Å²) in [5.41, 5.74) is 4.41. The predicted molar refractivity (Wildman–Crippen MR) is 122 cm³/mol. The second-order valence-corrected chi connectivity index (χ2v) is 6.84. The van der Waals surface area contributed by atoms with E-state index in [-0.39, 0.29) is 23.3 Å². The van der Waals surface area contributed by atoms with Crippen LogP contribution in [-0.2, 0) is 20.8 Å². The first-order valence-electron chi connectivity index (χ1n) is 9.90. The van der Waals surface area contributed by atoms with E-state index in [9.17, 15) is 14.4 Å². The van der Waals surface area contributed by atoms with Crippen LogP contribution in [0.5, 0.6) is 11.5 Å². The average molecular weight is 461 g/mol. The van der Waals surface area contributed by atoms with Crippen LogP contribution in [0.15, 0.2) is 41.5 Å². The Bertz CT molecular complexity index is 993. The fraction of sp³-hybridized carbons (Fsp3) is 0.273. The van der Waals surface area contributed by atoms with Gasteiger partial charge in [0.2, 0.25) is 0 Å². The summed E-state index contributed by atoms with van der Waals surface area (Å²) >= 11 is 6.31. The van der Waals surface area contributed by atoms with E-state index >= 15 is 0 Å². The first-order chi connectivity index (χ1) is 15.4. The summed E-state index contributed by atoms with van der Waals surface area (Å²) in [6, 6.07) is 10.6. The van der Waals surface area contributed by atoms with Gasteiger partial charge in [-0.15, -0.1) is 0 Å². The molecule has 2 aromatic carbocycles. The van der Waals surface area contributed by atoms with Gasteiger partial charge in [0.05, 0.1) is 17.8 Å². The minimum atomic E-state index is -0.907. The smallest absolute Gasteiger partial charge is 0.329 e. The molecule has 32 heavy (non-hydrogen) atoms. The molecule has 0 atom stereocenters. The number of benzene rings is 2. The van der Waals surface area contributed by atoms with E-state index in [1.54, 1.807) is 13.0 Å². The summed E-state index contributed by atoms with van der Waals surface area (Å²) < 4.78 is 11.2. The number of ether oxygens (including phenoxy) is 2. The van der Waals surface area contributed by atoms with Crippen molar-refractivity contribution < 1.29 is 23.9 Å². The largest absolute Gasteiger partial charge is 0.490 e. The molecular formula is C22H25ClN4O5. The van der Waals surface area contributed by atoms with Gasteiger partial charge in [-0.3, -0.25) is 14.4 Å². The van der Waals surface area contributed by atoms with Crippen molar-refractivity contribution in [2.24, 2.45) is 5.10 Å². The van der Waals surface area contributed by atoms with Crippen molar-refractivity contribution in [1.82, 2.24) is 10.7 Å². The van der Waals surface area contributed by atoms with E-state index in [0.717, 1.165) is 6.42 Å². The molecule has 0 bridgehead atoms. The number of carbonyl (C=O) groups is 3. The zero-order valence-corrected chi connectivity index (χ0v) is 18.8. The fourth-order valence-electron chi connectivity index (χ4n) is 2.55. The van der Waals surface area contributed by atoms with Gasteiger partial charge in [0.1, 0.15) is 0 Å². The number of halogens is 1. The Kier molecular flexibility index (Phi) is 9.49. The highest BCUT2D eigenvalue weighted by Crippen LogP contribution is 2.36. The molecule has 2 rings (SSSR count). The van der Waals surface area contributed by atoms with E-state index in [0.29, 0.717) is 23.6 Å². The molecule has 0 aliphatic heterocycles. The van der Waals surface area contributed by atoms with Gasteiger partial charge in [-0.2, -0.15) is 5.10 Å². The monoisotopic (exact) mass is 460 g/mol. The van der Waals surface area contributed by atoms with E-state index in [2.05, 4.69) is 28.1 Å². The molecule has 0 fully saturated rings. The third-order valence-electron chi connectivity index (χ3n) is 4.14. The molecule has 0 heterocycles. The number of aryl methyl sites for hydroxylation is 1. The average Bonchev–Trinajstić information content (AvgIpc) is 2.78. The number of likely N-dealkylation sites (N-methyl/N-ethyl adjacent to an activating group) is 1. The molecule has 170 valence electrons. The Morgan fingerprint density at radius 3 is 2.41 bits per heavy atom. The highest BCUT2D eigenvalue weighted by atomic mass is 35.5. The first-order valence-corrected chi connectivity index (χ1v) is 10.3. The molecule has 0 radical (unpaired) electrons. The maximum atomic E-state index is 12.3. The van der Waals surface area contributed by atoms with Crippen LogP contribution in [0.4, 0.5) is 5.69 Å². The number of hydrazone groups is 1. The summed E-state index contributed by atoms with van der Waals surface area (Å²) in [5.74, 6) is -1.57. The second-order valence-electron chi connectivity index (χ2n) is 6.43. The lowest BCUT2D eigenvalue weighted by molar-refractivity contribution is -0.138. The molecule has 0 saturated carbocycles. The maximum Gasteiger partial charge on any atom is 0.329 e. The Morgan fingerprint density at radius 1 is 1.06 bits per heavy atom. The summed E-state index contributed by atoms with van der Waals surface area (Å²) in [7, 11) is 1.33. The van der Waals surface area contributed by atoms with Crippen molar-refractivity contribution in [3.05, 3.63) is 52.5 Å². The highest BCUT2D eigenvalue weighted by molar-refractivity contribution is 6.35.